The number of anilines is 1. The van der Waals surface area contributed by atoms with Crippen molar-refractivity contribution in [1.82, 2.24) is 29.6 Å². The molecule has 41 heavy (non-hydrogen) atoms. The number of pyridine rings is 1. The molecule has 3 aliphatic rings. The van der Waals surface area contributed by atoms with Crippen molar-refractivity contribution < 1.29 is 9.84 Å². The Labute approximate surface area is 242 Å². The van der Waals surface area contributed by atoms with Gasteiger partial charge >= 0.3 is 0 Å². The van der Waals surface area contributed by atoms with Crippen molar-refractivity contribution in [2.75, 3.05) is 52.1 Å². The van der Waals surface area contributed by atoms with E-state index in [1.807, 2.05) is 6.20 Å². The number of fused-ring (bicyclic) bond motifs is 1. The van der Waals surface area contributed by atoms with Crippen LogP contribution in [-0.4, -0.2) is 99.7 Å². The maximum atomic E-state index is 9.83. The second kappa shape index (κ2) is 12.2. The molecule has 2 aromatic heterocycles. The molecule has 3 aromatic rings. The zero-order valence-electron chi connectivity index (χ0n) is 24.4. The second-order valence-electron chi connectivity index (χ2n) is 11.5. The van der Waals surface area contributed by atoms with Gasteiger partial charge in [0.1, 0.15) is 17.6 Å². The van der Waals surface area contributed by atoms with E-state index in [4.69, 9.17) is 14.8 Å². The van der Waals surface area contributed by atoms with Crippen molar-refractivity contribution in [3.05, 3.63) is 54.2 Å². The van der Waals surface area contributed by atoms with Gasteiger partial charge in [0, 0.05) is 75.6 Å². The van der Waals surface area contributed by atoms with E-state index in [1.54, 1.807) is 19.2 Å². The number of nitrogens with zero attached hydrogens (tertiary/aromatic N) is 7. The normalized spacial score (nSPS) is 24.0. The number of aliphatic hydroxyl groups is 1. The molecule has 1 saturated carbocycles. The van der Waals surface area contributed by atoms with Gasteiger partial charge in [0.2, 0.25) is 5.90 Å². The summed E-state index contributed by atoms with van der Waals surface area (Å²) < 4.78 is 8.40. The van der Waals surface area contributed by atoms with Crippen LogP contribution >= 0.6 is 0 Å². The Bertz CT molecular complexity index is 1390. The minimum Gasteiger partial charge on any atom is -0.473 e. The fraction of sp³-hybridized carbons (Fsp3) is 0.516. The van der Waals surface area contributed by atoms with Gasteiger partial charge in [0.05, 0.1) is 11.6 Å². The molecular weight excluding hydrogens is 516 g/mol. The first-order valence-electron chi connectivity index (χ1n) is 14.9. The summed E-state index contributed by atoms with van der Waals surface area (Å²) in [6.45, 7) is 8.39. The Balaban J connectivity index is 1.20. The Morgan fingerprint density at radius 2 is 1.78 bits per heavy atom. The SMILES string of the molecule is CCNc1cc2c(cn1)c(-c1ccc(CN3CCN(C)CC3)cc1)nn2[C@H]1CC[C@@H](OC2=NN(C)C(O)C=C2)CC1. The number of likely N-dealkylation sites (N-methyl/N-ethyl adjacent to an activating group) is 2. The van der Waals surface area contributed by atoms with E-state index in [-0.39, 0.29) is 12.1 Å². The van der Waals surface area contributed by atoms with Gasteiger partial charge in [0.15, 0.2) is 6.23 Å². The monoisotopic (exact) mass is 558 g/mol. The van der Waals surface area contributed by atoms with Crippen LogP contribution in [0.25, 0.3) is 22.2 Å². The van der Waals surface area contributed by atoms with Crippen molar-refractivity contribution in [2.24, 2.45) is 5.10 Å². The summed E-state index contributed by atoms with van der Waals surface area (Å²) in [5.74, 6) is 1.44. The van der Waals surface area contributed by atoms with Crippen LogP contribution in [0.2, 0.25) is 0 Å². The third kappa shape index (κ3) is 6.24. The molecule has 10 heteroatoms. The van der Waals surface area contributed by atoms with Crippen LogP contribution in [0.4, 0.5) is 5.82 Å². The average Bonchev–Trinajstić information content (AvgIpc) is 3.36. The predicted octanol–water partition coefficient (Wildman–Crippen LogP) is 3.91. The molecule has 1 atom stereocenters. The molecule has 2 fully saturated rings. The molecule has 6 rings (SSSR count). The van der Waals surface area contributed by atoms with Crippen LogP contribution in [0.1, 0.15) is 44.2 Å². The Kier molecular flexibility index (Phi) is 8.23. The molecule has 10 nitrogen and oxygen atoms in total. The maximum absolute atomic E-state index is 9.83. The third-order valence-corrected chi connectivity index (χ3v) is 8.51. The highest BCUT2D eigenvalue weighted by Gasteiger charge is 2.28. The minimum absolute atomic E-state index is 0.103. The number of piperazine rings is 1. The van der Waals surface area contributed by atoms with Gasteiger partial charge < -0.3 is 20.1 Å². The lowest BCUT2D eigenvalue weighted by Gasteiger charge is -2.32. The lowest BCUT2D eigenvalue weighted by Crippen LogP contribution is -2.43. The topological polar surface area (TPSA) is 94.3 Å². The number of hydrogen-bond donors (Lipinski definition) is 2. The molecule has 1 aromatic carbocycles. The van der Waals surface area contributed by atoms with Crippen LogP contribution in [-0.2, 0) is 11.3 Å². The van der Waals surface area contributed by atoms with Gasteiger partial charge in [-0.15, -0.1) is 5.10 Å². The highest BCUT2D eigenvalue weighted by molar-refractivity contribution is 5.94. The molecule has 0 amide bonds. The summed E-state index contributed by atoms with van der Waals surface area (Å²) in [4.78, 5) is 9.62. The summed E-state index contributed by atoms with van der Waals surface area (Å²) >= 11 is 0. The fourth-order valence-corrected chi connectivity index (χ4v) is 6.02. The van der Waals surface area contributed by atoms with E-state index in [1.165, 1.54) is 10.6 Å². The molecule has 0 spiro atoms. The lowest BCUT2D eigenvalue weighted by molar-refractivity contribution is 0.0532. The molecule has 0 bridgehead atoms. The summed E-state index contributed by atoms with van der Waals surface area (Å²) in [7, 11) is 3.94. The standard InChI is InChI=1S/C31H42N8O2/c1-4-32-28-19-27-26(20-33-28)31(23-7-5-22(6-8-23)21-38-17-15-36(2)16-18-38)35-39(27)24-9-11-25(12-10-24)41-29-13-14-30(40)37(3)34-29/h5-8,13-14,19-20,24-25,30,40H,4,9-12,15-18,21H2,1-3H3,(H,32,33)/t24-,25+,30?. The molecule has 0 radical (unpaired) electrons. The summed E-state index contributed by atoms with van der Waals surface area (Å²) in [5, 5.41) is 25.3. The first-order valence-corrected chi connectivity index (χ1v) is 14.9. The zero-order valence-corrected chi connectivity index (χ0v) is 24.4. The number of hydrogen-bond acceptors (Lipinski definition) is 9. The van der Waals surface area contributed by atoms with E-state index in [0.29, 0.717) is 5.90 Å². The molecule has 1 unspecified atom stereocenters. The predicted molar refractivity (Wildman–Crippen MR) is 163 cm³/mol. The quantitative estimate of drug-likeness (QED) is 0.451. The van der Waals surface area contributed by atoms with Crippen molar-refractivity contribution in [3.63, 3.8) is 0 Å². The van der Waals surface area contributed by atoms with Crippen molar-refractivity contribution >= 4 is 22.6 Å². The van der Waals surface area contributed by atoms with Crippen molar-refractivity contribution in [2.45, 2.75) is 57.5 Å². The molecule has 1 saturated heterocycles. The highest BCUT2D eigenvalue weighted by atomic mass is 16.5. The summed E-state index contributed by atoms with van der Waals surface area (Å²) in [5.41, 5.74) is 4.57. The number of benzene rings is 1. The highest BCUT2D eigenvalue weighted by Crippen LogP contribution is 2.36. The van der Waals surface area contributed by atoms with Crippen LogP contribution < -0.4 is 5.32 Å². The van der Waals surface area contributed by atoms with E-state index in [0.717, 1.165) is 92.9 Å². The number of aliphatic hydroxyl groups excluding tert-OH is 1. The van der Waals surface area contributed by atoms with Crippen LogP contribution in [0.3, 0.4) is 0 Å². The van der Waals surface area contributed by atoms with Gasteiger partial charge in [-0.1, -0.05) is 24.3 Å². The van der Waals surface area contributed by atoms with E-state index < -0.39 is 6.23 Å². The van der Waals surface area contributed by atoms with Crippen LogP contribution in [0.5, 0.6) is 0 Å². The summed E-state index contributed by atoms with van der Waals surface area (Å²) in [6.07, 6.45) is 8.62. The van der Waals surface area contributed by atoms with Crippen LogP contribution in [0, 0.1) is 0 Å². The Hall–Kier alpha value is -3.47. The maximum Gasteiger partial charge on any atom is 0.230 e. The number of rotatable bonds is 7. The Morgan fingerprint density at radius 1 is 1.02 bits per heavy atom. The second-order valence-corrected chi connectivity index (χ2v) is 11.5. The first-order chi connectivity index (χ1) is 20.0. The molecule has 1 aliphatic carbocycles. The number of nitrogens with one attached hydrogen (secondary N) is 1. The van der Waals surface area contributed by atoms with Crippen LogP contribution in [0.15, 0.2) is 53.8 Å². The number of hydrazone groups is 1. The molecule has 4 heterocycles. The van der Waals surface area contributed by atoms with E-state index in [9.17, 15) is 5.11 Å². The molecule has 218 valence electrons. The van der Waals surface area contributed by atoms with Gasteiger partial charge in [0.25, 0.3) is 0 Å². The smallest absolute Gasteiger partial charge is 0.230 e. The fourth-order valence-electron chi connectivity index (χ4n) is 6.02. The van der Waals surface area contributed by atoms with Gasteiger partial charge in [-0.2, -0.15) is 5.10 Å². The van der Waals surface area contributed by atoms with Gasteiger partial charge in [-0.25, -0.2) is 4.98 Å². The van der Waals surface area contributed by atoms with Crippen molar-refractivity contribution in [3.8, 4) is 11.3 Å². The minimum atomic E-state index is -0.699. The van der Waals surface area contributed by atoms with E-state index in [2.05, 4.69) is 69.2 Å². The van der Waals surface area contributed by atoms with Crippen molar-refractivity contribution in [1.29, 1.82) is 0 Å². The average molecular weight is 559 g/mol. The van der Waals surface area contributed by atoms with E-state index >= 15 is 0 Å². The number of ether oxygens (including phenoxy) is 1. The van der Waals surface area contributed by atoms with Gasteiger partial charge in [-0.05, 0) is 51.3 Å². The third-order valence-electron chi connectivity index (χ3n) is 8.51. The summed E-state index contributed by atoms with van der Waals surface area (Å²) in [6, 6.07) is 11.4. The van der Waals surface area contributed by atoms with Gasteiger partial charge in [-0.3, -0.25) is 14.6 Å². The zero-order chi connectivity index (χ0) is 28.3. The first kappa shape index (κ1) is 27.7. The Morgan fingerprint density at radius 3 is 2.49 bits per heavy atom. The molecular formula is C31H42N8O2. The largest absolute Gasteiger partial charge is 0.473 e. The lowest BCUT2D eigenvalue weighted by atomic mass is 9.93. The molecule has 2 N–H and O–H groups in total. The number of aromatic nitrogens is 3. The molecule has 2 aliphatic heterocycles.